The van der Waals surface area contributed by atoms with Crippen molar-refractivity contribution in [2.75, 3.05) is 50.4 Å². The molecule has 0 bridgehead atoms. The lowest BCUT2D eigenvalue weighted by molar-refractivity contribution is 0.0322. The number of allylic oxidation sites excluding steroid dienone is 6. The molecule has 6 nitrogen and oxygen atoms in total. The van der Waals surface area contributed by atoms with Crippen LogP contribution in [-0.2, 0) is 21.2 Å². The maximum absolute atomic E-state index is 11.7. The van der Waals surface area contributed by atoms with Crippen LogP contribution in [0.15, 0.2) is 78.9 Å². The maximum atomic E-state index is 11.7. The lowest BCUT2D eigenvalue weighted by Crippen LogP contribution is -2.38. The fraction of sp³-hybridized carbons (Fsp3) is 0.310. The highest BCUT2D eigenvalue weighted by atomic mass is 32.2. The Balaban J connectivity index is 1.59. The second-order valence-corrected chi connectivity index (χ2v) is 10.8. The number of hydrogen-bond donors (Lipinski definition) is 1. The van der Waals surface area contributed by atoms with Crippen molar-refractivity contribution in [3.8, 4) is 5.75 Å². The van der Waals surface area contributed by atoms with Gasteiger partial charge < -0.3 is 9.47 Å². The molecule has 1 aliphatic heterocycles. The van der Waals surface area contributed by atoms with Crippen LogP contribution in [0, 0.1) is 0 Å². The molecule has 2 aromatic rings. The molecule has 0 unspecified atom stereocenters. The van der Waals surface area contributed by atoms with Crippen molar-refractivity contribution in [1.29, 1.82) is 0 Å². The van der Waals surface area contributed by atoms with Gasteiger partial charge in [0.25, 0.3) is 0 Å². The molecular weight excluding hydrogens is 472 g/mol. The topological polar surface area (TPSA) is 67.9 Å². The van der Waals surface area contributed by atoms with E-state index in [9.17, 15) is 8.42 Å². The van der Waals surface area contributed by atoms with Gasteiger partial charge in [-0.2, -0.15) is 0 Å². The maximum Gasteiger partial charge on any atom is 0.229 e. The molecule has 36 heavy (non-hydrogen) atoms. The van der Waals surface area contributed by atoms with E-state index in [4.69, 9.17) is 9.47 Å². The van der Waals surface area contributed by atoms with Crippen molar-refractivity contribution in [3.05, 3.63) is 95.6 Å². The molecule has 4 rings (SSSR count). The number of anilines is 1. The molecule has 1 fully saturated rings. The van der Waals surface area contributed by atoms with Crippen molar-refractivity contribution in [2.45, 2.75) is 12.8 Å². The van der Waals surface area contributed by atoms with Crippen LogP contribution in [0.5, 0.6) is 5.75 Å². The summed E-state index contributed by atoms with van der Waals surface area (Å²) >= 11 is 0. The fourth-order valence-corrected chi connectivity index (χ4v) is 4.98. The van der Waals surface area contributed by atoms with Crippen molar-refractivity contribution >= 4 is 27.4 Å². The van der Waals surface area contributed by atoms with E-state index < -0.39 is 10.0 Å². The zero-order valence-electron chi connectivity index (χ0n) is 20.8. The molecule has 0 aromatic heterocycles. The number of aryl methyl sites for hydroxylation is 1. The first-order valence-corrected chi connectivity index (χ1v) is 14.1. The third kappa shape index (κ3) is 7.68. The Labute approximate surface area is 214 Å². The summed E-state index contributed by atoms with van der Waals surface area (Å²) in [5.41, 5.74) is 6.12. The van der Waals surface area contributed by atoms with E-state index in [1.807, 2.05) is 30.3 Å². The number of hydrogen-bond acceptors (Lipinski definition) is 5. The van der Waals surface area contributed by atoms with Crippen LogP contribution in [0.2, 0.25) is 0 Å². The summed E-state index contributed by atoms with van der Waals surface area (Å²) in [5, 5.41) is 0. The second kappa shape index (κ2) is 12.2. The number of benzene rings is 2. The molecular formula is C29H34N2O4S. The first-order valence-electron chi connectivity index (χ1n) is 12.2. The van der Waals surface area contributed by atoms with Crippen LogP contribution >= 0.6 is 0 Å². The fourth-order valence-electron chi connectivity index (χ4n) is 4.42. The van der Waals surface area contributed by atoms with E-state index in [0.717, 1.165) is 74.4 Å². The highest BCUT2D eigenvalue weighted by Gasteiger charge is 2.15. The molecule has 0 radical (unpaired) electrons. The summed E-state index contributed by atoms with van der Waals surface area (Å²) in [4.78, 5) is 2.36. The van der Waals surface area contributed by atoms with Gasteiger partial charge in [-0.15, -0.1) is 0 Å². The van der Waals surface area contributed by atoms with E-state index in [0.29, 0.717) is 12.3 Å². The predicted octanol–water partition coefficient (Wildman–Crippen LogP) is 4.92. The second-order valence-electron chi connectivity index (χ2n) is 9.03. The quantitative estimate of drug-likeness (QED) is 0.489. The van der Waals surface area contributed by atoms with Gasteiger partial charge >= 0.3 is 0 Å². The lowest BCUT2D eigenvalue weighted by atomic mass is 9.97. The number of ether oxygens (including phenoxy) is 2. The molecule has 7 heteroatoms. The van der Waals surface area contributed by atoms with Crippen molar-refractivity contribution in [3.63, 3.8) is 0 Å². The Morgan fingerprint density at radius 2 is 1.97 bits per heavy atom. The third-order valence-corrected chi connectivity index (χ3v) is 6.76. The molecule has 2 aromatic carbocycles. The zero-order valence-corrected chi connectivity index (χ0v) is 21.6. The van der Waals surface area contributed by atoms with Gasteiger partial charge in [-0.25, -0.2) is 8.42 Å². The Morgan fingerprint density at radius 1 is 1.14 bits per heavy atom. The summed E-state index contributed by atoms with van der Waals surface area (Å²) in [6.45, 7) is 8.82. The van der Waals surface area contributed by atoms with Crippen LogP contribution in [0.3, 0.4) is 0 Å². The van der Waals surface area contributed by atoms with Crippen LogP contribution in [0.4, 0.5) is 5.69 Å². The number of sulfonamides is 1. The summed E-state index contributed by atoms with van der Waals surface area (Å²) in [5.74, 6) is 0.880. The van der Waals surface area contributed by atoms with Gasteiger partial charge in [0.15, 0.2) is 0 Å². The van der Waals surface area contributed by atoms with E-state index in [-0.39, 0.29) is 0 Å². The van der Waals surface area contributed by atoms with E-state index in [2.05, 4.69) is 46.6 Å². The summed E-state index contributed by atoms with van der Waals surface area (Å²) in [6.07, 6.45) is 13.1. The standard InChI is InChI=1S/C29H34N2O4S/c1-3-4-6-23-9-10-25-22-28(35-18-15-31-13-16-34-17-14-31)11-12-29(25)26(19-23)20-24-7-5-8-27(21-24)30-36(2,32)33/h3-8,11-12,19-22,30H,1,9-10,13-18H2,2H3/b6-4-,26-20+. The Hall–Kier alpha value is -3.13. The van der Waals surface area contributed by atoms with Crippen LogP contribution in [-0.4, -0.2) is 59.0 Å². The van der Waals surface area contributed by atoms with E-state index in [1.54, 1.807) is 12.1 Å². The minimum absolute atomic E-state index is 0.542. The van der Waals surface area contributed by atoms with Gasteiger partial charge in [0.2, 0.25) is 10.0 Å². The van der Waals surface area contributed by atoms with Crippen LogP contribution in [0.25, 0.3) is 11.6 Å². The molecule has 1 heterocycles. The molecule has 2 aliphatic rings. The van der Waals surface area contributed by atoms with E-state index in [1.165, 1.54) is 11.1 Å². The predicted molar refractivity (Wildman–Crippen MR) is 148 cm³/mol. The summed E-state index contributed by atoms with van der Waals surface area (Å²) in [6, 6.07) is 13.7. The first kappa shape index (κ1) is 25.9. The average Bonchev–Trinajstić information content (AvgIpc) is 3.01. The smallest absolute Gasteiger partial charge is 0.229 e. The highest BCUT2D eigenvalue weighted by molar-refractivity contribution is 7.92. The largest absolute Gasteiger partial charge is 0.492 e. The molecule has 0 saturated carbocycles. The molecule has 1 N–H and O–H groups in total. The van der Waals surface area contributed by atoms with Gasteiger partial charge in [0.1, 0.15) is 12.4 Å². The van der Waals surface area contributed by atoms with Crippen LogP contribution in [0.1, 0.15) is 23.1 Å². The molecule has 1 saturated heterocycles. The Bertz CT molecular complexity index is 1270. The molecule has 0 amide bonds. The number of morpholine rings is 1. The SMILES string of the molecule is C=C/C=C\C1=CC(=C\c2cccc(NS(C)(=O)=O)c2)/c2ccc(OCCN3CCOCC3)cc2CC1. The number of nitrogens with zero attached hydrogens (tertiary/aromatic N) is 1. The Kier molecular flexibility index (Phi) is 8.80. The minimum Gasteiger partial charge on any atom is -0.492 e. The van der Waals surface area contributed by atoms with Gasteiger partial charge in [-0.3, -0.25) is 9.62 Å². The molecule has 0 spiro atoms. The van der Waals surface area contributed by atoms with Crippen molar-refractivity contribution in [1.82, 2.24) is 4.90 Å². The Morgan fingerprint density at radius 3 is 2.75 bits per heavy atom. The zero-order chi connectivity index (χ0) is 25.4. The average molecular weight is 507 g/mol. The molecule has 0 atom stereocenters. The number of fused-ring (bicyclic) bond motifs is 1. The first-order chi connectivity index (χ1) is 17.4. The normalized spacial score (nSPS) is 17.9. The van der Waals surface area contributed by atoms with Gasteiger partial charge in [-0.05, 0) is 71.0 Å². The van der Waals surface area contributed by atoms with Gasteiger partial charge in [0, 0.05) is 25.3 Å². The van der Waals surface area contributed by atoms with Crippen molar-refractivity contribution in [2.24, 2.45) is 0 Å². The molecule has 190 valence electrons. The monoisotopic (exact) mass is 506 g/mol. The van der Waals surface area contributed by atoms with Gasteiger partial charge in [0.05, 0.1) is 19.5 Å². The highest BCUT2D eigenvalue weighted by Crippen LogP contribution is 2.33. The number of rotatable bonds is 9. The summed E-state index contributed by atoms with van der Waals surface area (Å²) in [7, 11) is -3.34. The van der Waals surface area contributed by atoms with E-state index >= 15 is 0 Å². The summed E-state index contributed by atoms with van der Waals surface area (Å²) < 4.78 is 37.4. The third-order valence-electron chi connectivity index (χ3n) is 6.15. The lowest BCUT2D eigenvalue weighted by Gasteiger charge is -2.26. The minimum atomic E-state index is -3.34. The van der Waals surface area contributed by atoms with Crippen molar-refractivity contribution < 1.29 is 17.9 Å². The van der Waals surface area contributed by atoms with Crippen LogP contribution < -0.4 is 9.46 Å². The van der Waals surface area contributed by atoms with Gasteiger partial charge in [-0.1, -0.05) is 49.1 Å². The molecule has 1 aliphatic carbocycles. The number of nitrogens with one attached hydrogen (secondary N) is 1.